The molecule has 8 nitrogen and oxygen atoms in total. The number of benzene rings is 1. The second-order valence-electron chi connectivity index (χ2n) is 8.36. The summed E-state index contributed by atoms with van der Waals surface area (Å²) in [6.45, 7) is 15.8. The van der Waals surface area contributed by atoms with Crippen LogP contribution in [0.25, 0.3) is 0 Å². The predicted octanol–water partition coefficient (Wildman–Crippen LogP) is 2.70. The quantitative estimate of drug-likeness (QED) is 0.466. The lowest BCUT2D eigenvalue weighted by Gasteiger charge is -2.32. The second kappa shape index (κ2) is 13.8. The molecule has 2 rings (SSSR count). The molecule has 0 aromatic heterocycles. The van der Waals surface area contributed by atoms with Crippen molar-refractivity contribution in [1.29, 1.82) is 0 Å². The normalized spacial score (nSPS) is 16.9. The SMILES string of the molecule is CCN(CC)CCNC(=O)N1CCCC(S(=O)(=O)c2ccc(OCCN(CC)CC)cc2)C1. The van der Waals surface area contributed by atoms with Gasteiger partial charge in [-0.25, -0.2) is 13.2 Å². The summed E-state index contributed by atoms with van der Waals surface area (Å²) >= 11 is 0. The van der Waals surface area contributed by atoms with E-state index in [-0.39, 0.29) is 17.5 Å². The molecule has 0 spiro atoms. The van der Waals surface area contributed by atoms with Crippen molar-refractivity contribution in [3.63, 3.8) is 0 Å². The Kier molecular flexibility index (Phi) is 11.4. The van der Waals surface area contributed by atoms with Crippen LogP contribution in [0, 0.1) is 0 Å². The third-order valence-electron chi connectivity index (χ3n) is 6.43. The van der Waals surface area contributed by atoms with Crippen molar-refractivity contribution in [3.05, 3.63) is 24.3 Å². The van der Waals surface area contributed by atoms with E-state index in [0.29, 0.717) is 38.3 Å². The van der Waals surface area contributed by atoms with Crippen LogP contribution in [0.15, 0.2) is 29.2 Å². The predicted molar refractivity (Wildman–Crippen MR) is 133 cm³/mol. The van der Waals surface area contributed by atoms with Gasteiger partial charge in [-0.2, -0.15) is 0 Å². The number of nitrogens with one attached hydrogen (secondary N) is 1. The number of carbonyl (C=O) groups is 1. The van der Waals surface area contributed by atoms with E-state index in [9.17, 15) is 13.2 Å². The molecule has 0 bridgehead atoms. The molecule has 1 saturated heterocycles. The zero-order valence-electron chi connectivity index (χ0n) is 20.8. The highest BCUT2D eigenvalue weighted by Gasteiger charge is 2.33. The Balaban J connectivity index is 1.91. The summed E-state index contributed by atoms with van der Waals surface area (Å²) in [6.07, 6.45) is 1.24. The van der Waals surface area contributed by atoms with Gasteiger partial charge in [0.2, 0.25) is 0 Å². The first-order chi connectivity index (χ1) is 15.8. The Bertz CT molecular complexity index is 808. The third kappa shape index (κ3) is 8.15. The number of hydrogen-bond donors (Lipinski definition) is 1. The molecule has 0 saturated carbocycles. The first-order valence-corrected chi connectivity index (χ1v) is 13.8. The molecule has 1 aliphatic rings. The molecule has 0 radical (unpaired) electrons. The summed E-state index contributed by atoms with van der Waals surface area (Å²) in [5.74, 6) is 0.666. The summed E-state index contributed by atoms with van der Waals surface area (Å²) < 4.78 is 32.2. The van der Waals surface area contributed by atoms with Crippen molar-refractivity contribution < 1.29 is 17.9 Å². The van der Waals surface area contributed by atoms with E-state index in [1.54, 1.807) is 29.2 Å². The lowest BCUT2D eigenvalue weighted by Crippen LogP contribution is -2.50. The standard InChI is InChI=1S/C24H42N4O4S/c1-5-26(6-2)17-15-25-24(29)28-16-9-10-23(20-28)33(30,31)22-13-11-21(12-14-22)32-19-18-27(7-3)8-4/h11-14,23H,5-10,15-20H2,1-4H3,(H,25,29). The van der Waals surface area contributed by atoms with Gasteiger partial charge in [-0.1, -0.05) is 27.7 Å². The minimum Gasteiger partial charge on any atom is -0.492 e. The van der Waals surface area contributed by atoms with Crippen molar-refractivity contribution in [3.8, 4) is 5.75 Å². The van der Waals surface area contributed by atoms with E-state index in [1.165, 1.54) is 0 Å². The first-order valence-electron chi connectivity index (χ1n) is 12.3. The van der Waals surface area contributed by atoms with Gasteiger partial charge >= 0.3 is 6.03 Å². The minimum absolute atomic E-state index is 0.181. The minimum atomic E-state index is -3.52. The van der Waals surface area contributed by atoms with Crippen LogP contribution in [0.4, 0.5) is 4.79 Å². The number of likely N-dealkylation sites (tertiary alicyclic amines) is 1. The van der Waals surface area contributed by atoms with E-state index in [1.807, 2.05) is 0 Å². The molecule has 1 aromatic carbocycles. The Morgan fingerprint density at radius 2 is 1.64 bits per heavy atom. The summed E-state index contributed by atoms with van der Waals surface area (Å²) in [5, 5.41) is 2.35. The summed E-state index contributed by atoms with van der Waals surface area (Å²) in [6, 6.07) is 6.49. The third-order valence-corrected chi connectivity index (χ3v) is 8.62. The Labute approximate surface area is 200 Å². The van der Waals surface area contributed by atoms with Gasteiger partial charge < -0.3 is 24.8 Å². The fourth-order valence-corrected chi connectivity index (χ4v) is 5.85. The average molecular weight is 483 g/mol. The zero-order valence-corrected chi connectivity index (χ0v) is 21.6. The first kappa shape index (κ1) is 27.4. The molecule has 2 amide bonds. The van der Waals surface area contributed by atoms with Gasteiger partial charge in [0.25, 0.3) is 0 Å². The molecule has 1 heterocycles. The molecular weight excluding hydrogens is 440 g/mol. The maximum Gasteiger partial charge on any atom is 0.317 e. The van der Waals surface area contributed by atoms with Crippen LogP contribution in [-0.4, -0.2) is 99.9 Å². The highest BCUT2D eigenvalue weighted by atomic mass is 32.2. The Morgan fingerprint density at radius 3 is 2.24 bits per heavy atom. The highest BCUT2D eigenvalue weighted by molar-refractivity contribution is 7.92. The number of hydrogen-bond acceptors (Lipinski definition) is 6. The van der Waals surface area contributed by atoms with Crippen LogP contribution in [0.1, 0.15) is 40.5 Å². The summed E-state index contributed by atoms with van der Waals surface area (Å²) in [4.78, 5) is 19.0. The van der Waals surface area contributed by atoms with Crippen molar-refractivity contribution in [1.82, 2.24) is 20.0 Å². The molecule has 1 aromatic rings. The lowest BCUT2D eigenvalue weighted by atomic mass is 10.1. The van der Waals surface area contributed by atoms with Gasteiger partial charge in [-0.3, -0.25) is 0 Å². The largest absolute Gasteiger partial charge is 0.492 e. The summed E-state index contributed by atoms with van der Waals surface area (Å²) in [5.41, 5.74) is 0. The van der Waals surface area contributed by atoms with E-state index < -0.39 is 15.1 Å². The van der Waals surface area contributed by atoms with Crippen LogP contribution >= 0.6 is 0 Å². The van der Waals surface area contributed by atoms with Crippen molar-refractivity contribution in [2.75, 3.05) is 65.5 Å². The Hall–Kier alpha value is -1.84. The fraction of sp³-hybridized carbons (Fsp3) is 0.708. The number of sulfone groups is 1. The van der Waals surface area contributed by atoms with Crippen molar-refractivity contribution in [2.24, 2.45) is 0 Å². The van der Waals surface area contributed by atoms with Crippen molar-refractivity contribution >= 4 is 15.9 Å². The lowest BCUT2D eigenvalue weighted by molar-refractivity contribution is 0.185. The number of rotatable bonds is 13. The van der Waals surface area contributed by atoms with Gasteiger partial charge in [-0.15, -0.1) is 0 Å². The maximum atomic E-state index is 13.2. The number of ether oxygens (including phenoxy) is 1. The molecule has 33 heavy (non-hydrogen) atoms. The molecule has 9 heteroatoms. The van der Waals surface area contributed by atoms with Crippen LogP contribution < -0.4 is 10.1 Å². The van der Waals surface area contributed by atoms with Gasteiger partial charge in [0, 0.05) is 32.7 Å². The topological polar surface area (TPSA) is 82.2 Å². The van der Waals surface area contributed by atoms with E-state index in [4.69, 9.17) is 4.74 Å². The maximum absolute atomic E-state index is 13.2. The van der Waals surface area contributed by atoms with E-state index in [0.717, 1.165) is 39.3 Å². The molecule has 1 atom stereocenters. The highest BCUT2D eigenvalue weighted by Crippen LogP contribution is 2.25. The molecule has 188 valence electrons. The number of urea groups is 1. The van der Waals surface area contributed by atoms with Gasteiger partial charge in [-0.05, 0) is 63.3 Å². The van der Waals surface area contributed by atoms with E-state index >= 15 is 0 Å². The van der Waals surface area contributed by atoms with Gasteiger partial charge in [0.15, 0.2) is 9.84 Å². The summed E-state index contributed by atoms with van der Waals surface area (Å²) in [7, 11) is -3.52. The van der Waals surface area contributed by atoms with Crippen LogP contribution in [0.5, 0.6) is 5.75 Å². The number of likely N-dealkylation sites (N-methyl/N-ethyl adjacent to an activating group) is 2. The van der Waals surface area contributed by atoms with Crippen molar-refractivity contribution in [2.45, 2.75) is 50.7 Å². The average Bonchev–Trinajstić information content (AvgIpc) is 2.85. The number of piperidine rings is 1. The van der Waals surface area contributed by atoms with Crippen LogP contribution in [0.2, 0.25) is 0 Å². The number of carbonyl (C=O) groups excluding carboxylic acids is 1. The molecule has 1 fully saturated rings. The molecule has 1 unspecified atom stereocenters. The molecule has 0 aliphatic carbocycles. The fourth-order valence-electron chi connectivity index (χ4n) is 4.10. The number of nitrogens with zero attached hydrogens (tertiary/aromatic N) is 3. The Morgan fingerprint density at radius 1 is 1.03 bits per heavy atom. The molecular formula is C24H42N4O4S. The monoisotopic (exact) mass is 482 g/mol. The van der Waals surface area contributed by atoms with E-state index in [2.05, 4.69) is 42.8 Å². The zero-order chi connectivity index (χ0) is 24.3. The smallest absolute Gasteiger partial charge is 0.317 e. The number of amides is 2. The molecule has 1 aliphatic heterocycles. The second-order valence-corrected chi connectivity index (χ2v) is 10.6. The van der Waals surface area contributed by atoms with Gasteiger partial charge in [0.1, 0.15) is 12.4 Å². The molecule has 1 N–H and O–H groups in total. The van der Waals surface area contributed by atoms with Gasteiger partial charge in [0.05, 0.1) is 10.1 Å². The van der Waals surface area contributed by atoms with Crippen LogP contribution in [-0.2, 0) is 9.84 Å². The van der Waals surface area contributed by atoms with Crippen LogP contribution in [0.3, 0.4) is 0 Å².